The van der Waals surface area contributed by atoms with Crippen LogP contribution in [0.2, 0.25) is 0 Å². The molecule has 0 radical (unpaired) electrons. The number of ether oxygens (including phenoxy) is 2. The highest BCUT2D eigenvalue weighted by Gasteiger charge is 2.28. The van der Waals surface area contributed by atoms with E-state index < -0.39 is 0 Å². The second-order valence-electron chi connectivity index (χ2n) is 3.44. The van der Waals surface area contributed by atoms with Crippen molar-refractivity contribution in [2.24, 2.45) is 0 Å². The first-order valence-corrected chi connectivity index (χ1v) is 4.86. The largest absolute Gasteiger partial charge is 0.378 e. The zero-order valence-electron chi connectivity index (χ0n) is 7.70. The summed E-state index contributed by atoms with van der Waals surface area (Å²) in [6.07, 6.45) is 1.73. The van der Waals surface area contributed by atoms with Gasteiger partial charge in [0.05, 0.1) is 13.2 Å². The van der Waals surface area contributed by atoms with Crippen LogP contribution >= 0.6 is 0 Å². The molecule has 2 rings (SSSR count). The lowest BCUT2D eigenvalue weighted by molar-refractivity contribution is -0.144. The predicted octanol–water partition coefficient (Wildman–Crippen LogP) is 0.0242. The maximum Gasteiger partial charge on any atom is 0.251 e. The van der Waals surface area contributed by atoms with Gasteiger partial charge in [-0.1, -0.05) is 0 Å². The Balaban J connectivity index is 1.87. The minimum Gasteiger partial charge on any atom is -0.378 e. The topological polar surface area (TPSA) is 38.8 Å². The molecule has 0 aromatic rings. The third kappa shape index (κ3) is 2.00. The molecule has 0 bridgehead atoms. The molecule has 1 amide bonds. The predicted molar refractivity (Wildman–Crippen MR) is 46.4 cm³/mol. The van der Waals surface area contributed by atoms with Crippen molar-refractivity contribution in [3.63, 3.8) is 0 Å². The zero-order valence-corrected chi connectivity index (χ0v) is 7.70. The molecule has 2 fully saturated rings. The molecule has 1 atom stereocenters. The molecule has 0 N–H and O–H groups in total. The average molecular weight is 185 g/mol. The quantitative estimate of drug-likeness (QED) is 0.578. The van der Waals surface area contributed by atoms with E-state index in [0.29, 0.717) is 13.2 Å². The van der Waals surface area contributed by atoms with E-state index >= 15 is 0 Å². The molecule has 0 saturated carbocycles. The van der Waals surface area contributed by atoms with Crippen molar-refractivity contribution in [3.8, 4) is 0 Å². The van der Waals surface area contributed by atoms with Gasteiger partial charge in [0.1, 0.15) is 6.10 Å². The SMILES string of the molecule is O=C([C@H]1CCCO1)N1CCOCC1. The fourth-order valence-electron chi connectivity index (χ4n) is 1.76. The number of rotatable bonds is 1. The van der Waals surface area contributed by atoms with Gasteiger partial charge < -0.3 is 14.4 Å². The molecule has 0 aliphatic carbocycles. The first kappa shape index (κ1) is 8.97. The van der Waals surface area contributed by atoms with Crippen LogP contribution in [-0.4, -0.2) is 49.8 Å². The maximum atomic E-state index is 11.7. The number of carbonyl (C=O) groups is 1. The van der Waals surface area contributed by atoms with Crippen LogP contribution < -0.4 is 0 Å². The van der Waals surface area contributed by atoms with Crippen LogP contribution in [0.15, 0.2) is 0 Å². The fraction of sp³-hybridized carbons (Fsp3) is 0.889. The zero-order chi connectivity index (χ0) is 9.10. The van der Waals surface area contributed by atoms with Gasteiger partial charge in [-0.05, 0) is 12.8 Å². The second-order valence-corrected chi connectivity index (χ2v) is 3.44. The van der Waals surface area contributed by atoms with E-state index in [9.17, 15) is 4.79 Å². The lowest BCUT2D eigenvalue weighted by Crippen LogP contribution is -2.45. The fourth-order valence-corrected chi connectivity index (χ4v) is 1.76. The van der Waals surface area contributed by atoms with Crippen LogP contribution in [0.1, 0.15) is 12.8 Å². The third-order valence-corrected chi connectivity index (χ3v) is 2.53. The monoisotopic (exact) mass is 185 g/mol. The van der Waals surface area contributed by atoms with E-state index in [1.807, 2.05) is 4.90 Å². The van der Waals surface area contributed by atoms with Crippen molar-refractivity contribution in [1.82, 2.24) is 4.90 Å². The molecule has 0 spiro atoms. The first-order chi connectivity index (χ1) is 6.38. The van der Waals surface area contributed by atoms with Crippen molar-refractivity contribution >= 4 is 5.91 Å². The molecule has 74 valence electrons. The molecule has 2 heterocycles. The van der Waals surface area contributed by atoms with E-state index in [2.05, 4.69) is 0 Å². The molecule has 4 nitrogen and oxygen atoms in total. The minimum absolute atomic E-state index is 0.154. The van der Waals surface area contributed by atoms with Gasteiger partial charge in [0.25, 0.3) is 5.91 Å². The molecule has 4 heteroatoms. The highest BCUT2D eigenvalue weighted by molar-refractivity contribution is 5.81. The highest BCUT2D eigenvalue weighted by atomic mass is 16.5. The summed E-state index contributed by atoms with van der Waals surface area (Å²) in [5.41, 5.74) is 0. The van der Waals surface area contributed by atoms with Gasteiger partial charge in [0.15, 0.2) is 0 Å². The van der Waals surface area contributed by atoms with Crippen LogP contribution in [0.5, 0.6) is 0 Å². The first-order valence-electron chi connectivity index (χ1n) is 4.86. The van der Waals surface area contributed by atoms with Crippen molar-refractivity contribution in [3.05, 3.63) is 0 Å². The Morgan fingerprint density at radius 1 is 1.23 bits per heavy atom. The molecule has 0 aromatic heterocycles. The van der Waals surface area contributed by atoms with E-state index in [0.717, 1.165) is 32.5 Å². The summed E-state index contributed by atoms with van der Waals surface area (Å²) in [6.45, 7) is 3.51. The summed E-state index contributed by atoms with van der Waals surface area (Å²) in [5.74, 6) is 0.154. The lowest BCUT2D eigenvalue weighted by atomic mass is 10.2. The Bertz CT molecular complexity index is 183. The van der Waals surface area contributed by atoms with Crippen molar-refractivity contribution in [1.29, 1.82) is 0 Å². The average Bonchev–Trinajstić information content (AvgIpc) is 2.71. The molecule has 2 aliphatic heterocycles. The summed E-state index contributed by atoms with van der Waals surface area (Å²) < 4.78 is 10.5. The number of amides is 1. The Labute approximate surface area is 77.8 Å². The van der Waals surface area contributed by atoms with Gasteiger partial charge in [0.2, 0.25) is 0 Å². The van der Waals surface area contributed by atoms with Gasteiger partial charge in [-0.15, -0.1) is 0 Å². The van der Waals surface area contributed by atoms with E-state index in [1.54, 1.807) is 0 Å². The summed E-state index contributed by atoms with van der Waals surface area (Å²) in [6, 6.07) is 0. The number of morpholine rings is 1. The molecule has 13 heavy (non-hydrogen) atoms. The van der Waals surface area contributed by atoms with Crippen molar-refractivity contribution < 1.29 is 14.3 Å². The standard InChI is InChI=1S/C9H15NO3/c11-9(8-2-1-5-13-8)10-3-6-12-7-4-10/h8H,1-7H2/t8-/m1/s1. The number of nitrogens with zero attached hydrogens (tertiary/aromatic N) is 1. The number of hydrogen-bond donors (Lipinski definition) is 0. The Morgan fingerprint density at radius 3 is 2.62 bits per heavy atom. The third-order valence-electron chi connectivity index (χ3n) is 2.53. The molecular formula is C9H15NO3. The summed E-state index contributed by atoms with van der Waals surface area (Å²) in [7, 11) is 0. The second kappa shape index (κ2) is 4.07. The molecule has 0 unspecified atom stereocenters. The molecular weight excluding hydrogens is 170 g/mol. The Kier molecular flexibility index (Phi) is 2.80. The van der Waals surface area contributed by atoms with Crippen LogP contribution in [0.3, 0.4) is 0 Å². The lowest BCUT2D eigenvalue weighted by Gasteiger charge is -2.28. The van der Waals surface area contributed by atoms with Crippen LogP contribution in [-0.2, 0) is 14.3 Å². The van der Waals surface area contributed by atoms with Crippen molar-refractivity contribution in [2.75, 3.05) is 32.9 Å². The summed E-state index contributed by atoms with van der Waals surface area (Å²) in [5, 5.41) is 0. The van der Waals surface area contributed by atoms with Crippen LogP contribution in [0.4, 0.5) is 0 Å². The van der Waals surface area contributed by atoms with Crippen molar-refractivity contribution in [2.45, 2.75) is 18.9 Å². The smallest absolute Gasteiger partial charge is 0.251 e. The molecule has 2 aliphatic rings. The molecule has 0 aromatic carbocycles. The Morgan fingerprint density at radius 2 is 2.00 bits per heavy atom. The van der Waals surface area contributed by atoms with Gasteiger partial charge in [-0.25, -0.2) is 0 Å². The number of carbonyl (C=O) groups excluding carboxylic acids is 1. The molecule has 2 saturated heterocycles. The van der Waals surface area contributed by atoms with Gasteiger partial charge in [-0.3, -0.25) is 4.79 Å². The minimum atomic E-state index is -0.168. The van der Waals surface area contributed by atoms with E-state index in [4.69, 9.17) is 9.47 Å². The van der Waals surface area contributed by atoms with Gasteiger partial charge >= 0.3 is 0 Å². The summed E-state index contributed by atoms with van der Waals surface area (Å²) in [4.78, 5) is 13.6. The Hall–Kier alpha value is -0.610. The van der Waals surface area contributed by atoms with Crippen LogP contribution in [0.25, 0.3) is 0 Å². The number of hydrogen-bond acceptors (Lipinski definition) is 3. The van der Waals surface area contributed by atoms with Gasteiger partial charge in [-0.2, -0.15) is 0 Å². The van der Waals surface area contributed by atoms with E-state index in [1.165, 1.54) is 0 Å². The summed E-state index contributed by atoms with van der Waals surface area (Å²) >= 11 is 0. The van der Waals surface area contributed by atoms with Gasteiger partial charge in [0, 0.05) is 19.7 Å². The van der Waals surface area contributed by atoms with E-state index in [-0.39, 0.29) is 12.0 Å². The maximum absolute atomic E-state index is 11.7. The normalized spacial score (nSPS) is 29.2. The van der Waals surface area contributed by atoms with Crippen LogP contribution in [0, 0.1) is 0 Å². The highest BCUT2D eigenvalue weighted by Crippen LogP contribution is 2.15.